The van der Waals surface area contributed by atoms with E-state index in [9.17, 15) is 14.3 Å². The van der Waals surface area contributed by atoms with E-state index in [0.29, 0.717) is 43.9 Å². The molecule has 0 spiro atoms. The zero-order valence-electron chi connectivity index (χ0n) is 14.2. The van der Waals surface area contributed by atoms with E-state index >= 15 is 0 Å². The fraction of sp³-hybridized carbons (Fsp3) is 0.556. The summed E-state index contributed by atoms with van der Waals surface area (Å²) in [4.78, 5) is 17.5. The molecule has 0 aromatic heterocycles. The van der Waals surface area contributed by atoms with Gasteiger partial charge in [-0.3, -0.25) is 9.69 Å². The van der Waals surface area contributed by atoms with Gasteiger partial charge in [0.25, 0.3) is 0 Å². The Hall–Kier alpha value is -2.17. The van der Waals surface area contributed by atoms with Gasteiger partial charge in [0.15, 0.2) is 0 Å². The minimum absolute atomic E-state index is 0.125. The third-order valence-electron chi connectivity index (χ3n) is 4.86. The van der Waals surface area contributed by atoms with Gasteiger partial charge in [-0.1, -0.05) is 0 Å². The fourth-order valence-electron chi connectivity index (χ4n) is 3.51. The van der Waals surface area contributed by atoms with E-state index in [1.54, 1.807) is 17.0 Å². The monoisotopic (exact) mass is 346 g/mol. The summed E-state index contributed by atoms with van der Waals surface area (Å²) in [5, 5.41) is 19.0. The van der Waals surface area contributed by atoms with Crippen molar-refractivity contribution < 1.29 is 14.3 Å². The average molecular weight is 346 g/mol. The zero-order chi connectivity index (χ0) is 17.8. The molecule has 134 valence electrons. The number of rotatable bonds is 5. The summed E-state index contributed by atoms with van der Waals surface area (Å²) in [6.45, 7) is 4.43. The van der Waals surface area contributed by atoms with Crippen LogP contribution in [0.4, 0.5) is 10.1 Å². The van der Waals surface area contributed by atoms with E-state index in [1.807, 2.05) is 11.0 Å². The first-order valence-corrected chi connectivity index (χ1v) is 8.69. The van der Waals surface area contributed by atoms with Crippen LogP contribution in [0.1, 0.15) is 18.4 Å². The summed E-state index contributed by atoms with van der Waals surface area (Å²) in [6, 6.07) is 6.48. The Morgan fingerprint density at radius 1 is 1.20 bits per heavy atom. The topological polar surface area (TPSA) is 70.8 Å². The number of carbonyl (C=O) groups excluding carboxylic acids is 1. The van der Waals surface area contributed by atoms with Gasteiger partial charge in [0.1, 0.15) is 5.82 Å². The van der Waals surface area contributed by atoms with Crippen LogP contribution >= 0.6 is 0 Å². The number of nitrogens with zero attached hydrogens (tertiary/aromatic N) is 4. The molecule has 25 heavy (non-hydrogen) atoms. The summed E-state index contributed by atoms with van der Waals surface area (Å²) >= 11 is 0. The first-order chi connectivity index (χ1) is 12.1. The number of halogens is 1. The minimum atomic E-state index is -0.555. The van der Waals surface area contributed by atoms with Crippen LogP contribution in [0.3, 0.4) is 0 Å². The van der Waals surface area contributed by atoms with Crippen LogP contribution < -0.4 is 4.90 Å². The summed E-state index contributed by atoms with van der Waals surface area (Å²) < 4.78 is 14.1. The number of β-amino-alcohol motifs (C(OH)–C–C–N with tert-alkyl or cyclic N) is 1. The van der Waals surface area contributed by atoms with E-state index in [4.69, 9.17) is 5.26 Å². The number of amides is 1. The van der Waals surface area contributed by atoms with Crippen molar-refractivity contribution in [3.63, 3.8) is 0 Å². The van der Waals surface area contributed by atoms with Crippen LogP contribution in [0.5, 0.6) is 0 Å². The van der Waals surface area contributed by atoms with Gasteiger partial charge in [0.05, 0.1) is 23.4 Å². The predicted octanol–water partition coefficient (Wildman–Crippen LogP) is 0.803. The minimum Gasteiger partial charge on any atom is -0.390 e. The molecule has 6 nitrogen and oxygen atoms in total. The molecule has 1 aromatic rings. The van der Waals surface area contributed by atoms with Crippen molar-refractivity contribution in [2.45, 2.75) is 18.9 Å². The van der Waals surface area contributed by atoms with Gasteiger partial charge in [0.2, 0.25) is 5.91 Å². The molecule has 2 aliphatic heterocycles. The van der Waals surface area contributed by atoms with Crippen LogP contribution in [-0.4, -0.2) is 72.7 Å². The number of benzene rings is 1. The normalized spacial score (nSPS) is 20.0. The summed E-state index contributed by atoms with van der Waals surface area (Å²) in [7, 11) is 0. The van der Waals surface area contributed by atoms with Crippen LogP contribution in [0.25, 0.3) is 0 Å². The lowest BCUT2D eigenvalue weighted by atomic mass is 10.1. The highest BCUT2D eigenvalue weighted by atomic mass is 19.1. The van der Waals surface area contributed by atoms with Crippen molar-refractivity contribution in [1.29, 1.82) is 5.26 Å². The number of nitriles is 1. The Kier molecular flexibility index (Phi) is 5.51. The maximum Gasteiger partial charge on any atom is 0.222 e. The molecular weight excluding hydrogens is 323 g/mol. The summed E-state index contributed by atoms with van der Waals surface area (Å²) in [6.07, 6.45) is 0.905. The molecule has 0 radical (unpaired) electrons. The highest BCUT2D eigenvalue weighted by molar-refractivity contribution is 5.78. The van der Waals surface area contributed by atoms with E-state index in [0.717, 1.165) is 26.1 Å². The molecule has 1 aromatic carbocycles. The van der Waals surface area contributed by atoms with Crippen LogP contribution in [0, 0.1) is 17.1 Å². The molecule has 2 aliphatic rings. The van der Waals surface area contributed by atoms with Gasteiger partial charge in [-0.25, -0.2) is 4.39 Å². The summed E-state index contributed by atoms with van der Waals surface area (Å²) in [5.74, 6) is -0.250. The van der Waals surface area contributed by atoms with Gasteiger partial charge in [-0.15, -0.1) is 0 Å². The standard InChI is InChI=1S/C18H23FN4O2/c19-16-10-14(11-20)3-4-17(16)22-8-6-21(7-9-22)12-15(24)13-23-5-1-2-18(23)25/h3-4,10,15,24H,1-2,5-9,12-13H2. The van der Waals surface area contributed by atoms with Gasteiger partial charge in [-0.05, 0) is 24.6 Å². The Balaban J connectivity index is 1.48. The highest BCUT2D eigenvalue weighted by Gasteiger charge is 2.25. The van der Waals surface area contributed by atoms with E-state index < -0.39 is 6.10 Å². The van der Waals surface area contributed by atoms with Crippen molar-refractivity contribution in [2.24, 2.45) is 0 Å². The number of aliphatic hydroxyl groups is 1. The molecule has 0 bridgehead atoms. The lowest BCUT2D eigenvalue weighted by molar-refractivity contribution is -0.129. The van der Waals surface area contributed by atoms with Crippen molar-refractivity contribution in [2.75, 3.05) is 50.7 Å². The third kappa shape index (κ3) is 4.27. The number of hydrogen-bond acceptors (Lipinski definition) is 5. The number of aliphatic hydroxyl groups excluding tert-OH is 1. The Labute approximate surface area is 147 Å². The van der Waals surface area contributed by atoms with Crippen molar-refractivity contribution in [3.05, 3.63) is 29.6 Å². The molecule has 7 heteroatoms. The molecule has 0 aliphatic carbocycles. The molecule has 0 saturated carbocycles. The van der Waals surface area contributed by atoms with Crippen molar-refractivity contribution in [1.82, 2.24) is 9.80 Å². The van der Waals surface area contributed by atoms with Gasteiger partial charge in [-0.2, -0.15) is 5.26 Å². The zero-order valence-corrected chi connectivity index (χ0v) is 14.2. The average Bonchev–Trinajstić information content (AvgIpc) is 3.00. The quantitative estimate of drug-likeness (QED) is 0.854. The third-order valence-corrected chi connectivity index (χ3v) is 4.86. The van der Waals surface area contributed by atoms with E-state index in [2.05, 4.69) is 4.90 Å². The first-order valence-electron chi connectivity index (χ1n) is 8.69. The SMILES string of the molecule is N#Cc1ccc(N2CCN(CC(O)CN3CCCC3=O)CC2)c(F)c1. The largest absolute Gasteiger partial charge is 0.390 e. The predicted molar refractivity (Wildman–Crippen MR) is 91.6 cm³/mol. The Morgan fingerprint density at radius 3 is 2.56 bits per heavy atom. The lowest BCUT2D eigenvalue weighted by Gasteiger charge is -2.37. The maximum absolute atomic E-state index is 14.1. The molecule has 2 saturated heterocycles. The smallest absolute Gasteiger partial charge is 0.222 e. The molecule has 2 fully saturated rings. The second kappa shape index (κ2) is 7.81. The second-order valence-electron chi connectivity index (χ2n) is 6.66. The number of carbonyl (C=O) groups is 1. The first kappa shape index (κ1) is 17.6. The molecule has 2 heterocycles. The number of piperazine rings is 1. The Bertz CT molecular complexity index is 668. The van der Waals surface area contributed by atoms with E-state index in [-0.39, 0.29) is 11.7 Å². The van der Waals surface area contributed by atoms with E-state index in [1.165, 1.54) is 6.07 Å². The molecule has 1 atom stereocenters. The molecule has 1 amide bonds. The number of anilines is 1. The van der Waals surface area contributed by atoms with Crippen molar-refractivity contribution >= 4 is 11.6 Å². The number of likely N-dealkylation sites (tertiary alicyclic amines) is 1. The molecule has 3 rings (SSSR count). The Morgan fingerprint density at radius 2 is 1.96 bits per heavy atom. The maximum atomic E-state index is 14.1. The second-order valence-corrected chi connectivity index (χ2v) is 6.66. The molecular formula is C18H23FN4O2. The molecule has 1 N–H and O–H groups in total. The fourth-order valence-corrected chi connectivity index (χ4v) is 3.51. The van der Waals surface area contributed by atoms with Gasteiger partial charge >= 0.3 is 0 Å². The van der Waals surface area contributed by atoms with Crippen LogP contribution in [-0.2, 0) is 4.79 Å². The number of hydrogen-bond donors (Lipinski definition) is 1. The lowest BCUT2D eigenvalue weighted by Crippen LogP contribution is -2.50. The molecule has 1 unspecified atom stereocenters. The van der Waals surface area contributed by atoms with Gasteiger partial charge in [0, 0.05) is 52.2 Å². The van der Waals surface area contributed by atoms with Crippen LogP contribution in [0.15, 0.2) is 18.2 Å². The van der Waals surface area contributed by atoms with Crippen LogP contribution in [0.2, 0.25) is 0 Å². The highest BCUT2D eigenvalue weighted by Crippen LogP contribution is 2.22. The van der Waals surface area contributed by atoms with Crippen molar-refractivity contribution in [3.8, 4) is 6.07 Å². The van der Waals surface area contributed by atoms with Gasteiger partial charge < -0.3 is 14.9 Å². The summed E-state index contributed by atoms with van der Waals surface area (Å²) in [5.41, 5.74) is 0.835.